The number of hydrogen-bond donors (Lipinski definition) is 2. The van der Waals surface area contributed by atoms with Gasteiger partial charge in [-0.1, -0.05) is 0 Å². The van der Waals surface area contributed by atoms with Gasteiger partial charge in [-0.3, -0.25) is 9.59 Å². The topological polar surface area (TPSA) is 58.2 Å². The summed E-state index contributed by atoms with van der Waals surface area (Å²) in [6.45, 7) is 4.17. The lowest BCUT2D eigenvalue weighted by Gasteiger charge is -2.27. The van der Waals surface area contributed by atoms with E-state index >= 15 is 0 Å². The van der Waals surface area contributed by atoms with Crippen LogP contribution in [0.2, 0.25) is 0 Å². The van der Waals surface area contributed by atoms with Crippen LogP contribution in [0.5, 0.6) is 0 Å². The molecule has 0 unspecified atom stereocenters. The van der Waals surface area contributed by atoms with Gasteiger partial charge in [0.2, 0.25) is 11.8 Å². The van der Waals surface area contributed by atoms with Gasteiger partial charge in [-0.2, -0.15) is 0 Å². The smallest absolute Gasteiger partial charge is 0.223 e. The summed E-state index contributed by atoms with van der Waals surface area (Å²) in [6, 6.07) is 0.271. The van der Waals surface area contributed by atoms with Crippen LogP contribution in [0.1, 0.15) is 39.5 Å². The summed E-state index contributed by atoms with van der Waals surface area (Å²) >= 11 is 0. The zero-order valence-corrected chi connectivity index (χ0v) is 9.51. The quantitative estimate of drug-likeness (QED) is 0.727. The molecule has 0 aromatic heterocycles. The van der Waals surface area contributed by atoms with Gasteiger partial charge in [0, 0.05) is 25.4 Å². The van der Waals surface area contributed by atoms with Crippen LogP contribution in [-0.2, 0) is 9.59 Å². The molecule has 0 aliphatic heterocycles. The van der Waals surface area contributed by atoms with E-state index in [0.29, 0.717) is 6.54 Å². The molecule has 86 valence electrons. The van der Waals surface area contributed by atoms with Crippen molar-refractivity contribution < 1.29 is 9.59 Å². The van der Waals surface area contributed by atoms with Crippen LogP contribution in [0.3, 0.4) is 0 Å². The van der Waals surface area contributed by atoms with E-state index in [1.54, 1.807) is 0 Å². The first-order chi connectivity index (χ1) is 7.13. The predicted octanol–water partition coefficient (Wildman–Crippen LogP) is 0.817. The van der Waals surface area contributed by atoms with Crippen molar-refractivity contribution in [3.63, 3.8) is 0 Å². The van der Waals surface area contributed by atoms with Gasteiger partial charge >= 0.3 is 0 Å². The van der Waals surface area contributed by atoms with E-state index in [2.05, 4.69) is 10.6 Å². The molecule has 0 bridgehead atoms. The third-order valence-corrected chi connectivity index (χ3v) is 2.86. The number of rotatable bonds is 3. The Morgan fingerprint density at radius 1 is 1.20 bits per heavy atom. The predicted molar refractivity (Wildman–Crippen MR) is 58.2 cm³/mol. The van der Waals surface area contributed by atoms with Crippen LogP contribution < -0.4 is 10.6 Å². The summed E-state index contributed by atoms with van der Waals surface area (Å²) in [5.74, 6) is 0.338. The molecule has 0 aromatic rings. The van der Waals surface area contributed by atoms with Gasteiger partial charge in [-0.05, 0) is 32.6 Å². The van der Waals surface area contributed by atoms with E-state index in [-0.39, 0.29) is 23.8 Å². The lowest BCUT2D eigenvalue weighted by molar-refractivity contribution is -0.126. The maximum atomic E-state index is 11.5. The molecule has 2 amide bonds. The number of carbonyl (C=O) groups excluding carboxylic acids is 2. The van der Waals surface area contributed by atoms with Gasteiger partial charge in [-0.15, -0.1) is 0 Å². The first kappa shape index (κ1) is 12.0. The molecular weight excluding hydrogens is 192 g/mol. The minimum absolute atomic E-state index is 0.0245. The molecule has 1 rings (SSSR count). The Bertz CT molecular complexity index is 233. The first-order valence-electron chi connectivity index (χ1n) is 5.68. The Balaban J connectivity index is 2.29. The van der Waals surface area contributed by atoms with E-state index in [1.807, 2.05) is 6.92 Å². The maximum absolute atomic E-state index is 11.5. The second kappa shape index (κ2) is 5.73. The van der Waals surface area contributed by atoms with E-state index in [9.17, 15) is 9.59 Å². The van der Waals surface area contributed by atoms with Gasteiger partial charge in [0.15, 0.2) is 0 Å². The lowest BCUT2D eigenvalue weighted by Crippen LogP contribution is -2.40. The number of carbonyl (C=O) groups is 2. The molecule has 1 saturated carbocycles. The summed E-state index contributed by atoms with van der Waals surface area (Å²) in [7, 11) is 0. The van der Waals surface area contributed by atoms with Crippen molar-refractivity contribution in [1.29, 1.82) is 0 Å². The molecule has 0 saturated heterocycles. The normalized spacial score (nSPS) is 25.7. The molecular formula is C11H20N2O2. The minimum atomic E-state index is 0.0245. The Morgan fingerprint density at radius 2 is 1.80 bits per heavy atom. The second-order valence-electron chi connectivity index (χ2n) is 4.14. The first-order valence-corrected chi connectivity index (χ1v) is 5.68. The highest BCUT2D eigenvalue weighted by Gasteiger charge is 2.25. The molecule has 4 heteroatoms. The van der Waals surface area contributed by atoms with Crippen molar-refractivity contribution in [2.75, 3.05) is 6.54 Å². The summed E-state index contributed by atoms with van der Waals surface area (Å²) in [6.07, 6.45) is 3.61. The van der Waals surface area contributed by atoms with Gasteiger partial charge in [0.1, 0.15) is 0 Å². The van der Waals surface area contributed by atoms with Crippen molar-refractivity contribution >= 4 is 11.8 Å². The van der Waals surface area contributed by atoms with Crippen molar-refractivity contribution in [2.45, 2.75) is 45.6 Å². The maximum Gasteiger partial charge on any atom is 0.223 e. The van der Waals surface area contributed by atoms with Crippen molar-refractivity contribution in [2.24, 2.45) is 5.92 Å². The van der Waals surface area contributed by atoms with Crippen LogP contribution >= 0.6 is 0 Å². The average Bonchev–Trinajstić information content (AvgIpc) is 2.18. The summed E-state index contributed by atoms with van der Waals surface area (Å²) in [5, 5.41) is 5.75. The zero-order valence-electron chi connectivity index (χ0n) is 9.51. The van der Waals surface area contributed by atoms with E-state index in [4.69, 9.17) is 0 Å². The largest absolute Gasteiger partial charge is 0.356 e. The Morgan fingerprint density at radius 3 is 2.27 bits per heavy atom. The third kappa shape index (κ3) is 3.90. The number of amides is 2. The molecule has 0 atom stereocenters. The Kier molecular flexibility index (Phi) is 4.59. The summed E-state index contributed by atoms with van der Waals surface area (Å²) < 4.78 is 0. The van der Waals surface area contributed by atoms with Gasteiger partial charge < -0.3 is 10.6 Å². The molecule has 0 aromatic carbocycles. The lowest BCUT2D eigenvalue weighted by atomic mass is 9.85. The van der Waals surface area contributed by atoms with Crippen LogP contribution in [-0.4, -0.2) is 24.4 Å². The monoisotopic (exact) mass is 212 g/mol. The average molecular weight is 212 g/mol. The second-order valence-corrected chi connectivity index (χ2v) is 4.14. The fraction of sp³-hybridized carbons (Fsp3) is 0.818. The summed E-state index contributed by atoms with van der Waals surface area (Å²) in [4.78, 5) is 22.4. The molecule has 0 radical (unpaired) electrons. The van der Waals surface area contributed by atoms with Crippen LogP contribution in [0.25, 0.3) is 0 Å². The van der Waals surface area contributed by atoms with Crippen LogP contribution in [0, 0.1) is 5.92 Å². The van der Waals surface area contributed by atoms with Crippen LogP contribution in [0.4, 0.5) is 0 Å². The van der Waals surface area contributed by atoms with E-state index in [0.717, 1.165) is 25.7 Å². The highest BCUT2D eigenvalue weighted by Crippen LogP contribution is 2.24. The number of nitrogens with one attached hydrogen (secondary N) is 2. The zero-order chi connectivity index (χ0) is 11.3. The highest BCUT2D eigenvalue weighted by atomic mass is 16.2. The molecule has 4 nitrogen and oxygen atoms in total. The molecule has 1 fully saturated rings. The van der Waals surface area contributed by atoms with Crippen molar-refractivity contribution in [1.82, 2.24) is 10.6 Å². The molecule has 15 heavy (non-hydrogen) atoms. The fourth-order valence-corrected chi connectivity index (χ4v) is 2.11. The molecule has 1 aliphatic carbocycles. The Hall–Kier alpha value is -1.06. The molecule has 0 spiro atoms. The van der Waals surface area contributed by atoms with Crippen LogP contribution in [0.15, 0.2) is 0 Å². The fourth-order valence-electron chi connectivity index (χ4n) is 2.11. The van der Waals surface area contributed by atoms with Gasteiger partial charge in [0.05, 0.1) is 0 Å². The highest BCUT2D eigenvalue weighted by molar-refractivity contribution is 5.78. The van der Waals surface area contributed by atoms with E-state index < -0.39 is 0 Å². The molecule has 2 N–H and O–H groups in total. The molecule has 1 aliphatic rings. The van der Waals surface area contributed by atoms with Gasteiger partial charge in [0.25, 0.3) is 0 Å². The standard InChI is InChI=1S/C11H20N2O2/c1-3-12-11(15)9-4-6-10(7-5-9)13-8(2)14/h9-10H,3-7H2,1-2H3,(H,12,15)(H,13,14). The molecule has 0 heterocycles. The van der Waals surface area contributed by atoms with Crippen molar-refractivity contribution in [3.8, 4) is 0 Å². The minimum Gasteiger partial charge on any atom is -0.356 e. The van der Waals surface area contributed by atoms with Crippen molar-refractivity contribution in [3.05, 3.63) is 0 Å². The summed E-state index contributed by atoms with van der Waals surface area (Å²) in [5.41, 5.74) is 0. The van der Waals surface area contributed by atoms with Gasteiger partial charge in [-0.25, -0.2) is 0 Å². The van der Waals surface area contributed by atoms with E-state index in [1.165, 1.54) is 6.92 Å². The third-order valence-electron chi connectivity index (χ3n) is 2.86. The number of hydrogen-bond acceptors (Lipinski definition) is 2. The Labute approximate surface area is 90.8 Å². The SMILES string of the molecule is CCNC(=O)C1CCC(NC(C)=O)CC1.